The molecule has 8 heteroatoms. The minimum atomic E-state index is -0.482. The molecule has 1 amide bonds. The van der Waals surface area contributed by atoms with Gasteiger partial charge in [-0.2, -0.15) is 14.8 Å². The van der Waals surface area contributed by atoms with Gasteiger partial charge in [-0.1, -0.05) is 36.4 Å². The number of carbonyl (C=O) groups excluding carboxylic acids is 1. The summed E-state index contributed by atoms with van der Waals surface area (Å²) in [6.45, 7) is 1.62. The third-order valence-electron chi connectivity index (χ3n) is 5.85. The predicted octanol–water partition coefficient (Wildman–Crippen LogP) is 3.30. The van der Waals surface area contributed by atoms with Crippen LogP contribution in [-0.4, -0.2) is 39.2 Å². The molecule has 32 heavy (non-hydrogen) atoms. The van der Waals surface area contributed by atoms with Crippen molar-refractivity contribution < 1.29 is 4.79 Å². The first-order chi connectivity index (χ1) is 15.6. The van der Waals surface area contributed by atoms with Gasteiger partial charge >= 0.3 is 0 Å². The normalized spacial score (nSPS) is 13.6. The molecule has 162 valence electrons. The number of aromatic nitrogens is 4. The first-order valence-corrected chi connectivity index (χ1v) is 10.8. The van der Waals surface area contributed by atoms with Crippen LogP contribution in [0.25, 0.3) is 16.9 Å². The maximum Gasteiger partial charge on any atom is 0.253 e. The summed E-state index contributed by atoms with van der Waals surface area (Å²) in [7, 11) is 2.09. The molecule has 1 aliphatic heterocycles. The molecule has 8 nitrogen and oxygen atoms in total. The maximum atomic E-state index is 11.8. The number of rotatable bonds is 5. The van der Waals surface area contributed by atoms with Crippen molar-refractivity contribution in [3.8, 4) is 5.95 Å². The largest absolute Gasteiger partial charge is 0.370 e. The number of aryl methyl sites for hydroxylation is 1. The van der Waals surface area contributed by atoms with Crippen molar-refractivity contribution >= 4 is 28.3 Å². The molecule has 4 aromatic rings. The zero-order valence-corrected chi connectivity index (χ0v) is 18.0. The fraction of sp³-hybridized carbons (Fsp3) is 0.250. The molecule has 0 aliphatic carbocycles. The lowest BCUT2D eigenvalue weighted by atomic mass is 10.1. The first-order valence-electron chi connectivity index (χ1n) is 10.8. The van der Waals surface area contributed by atoms with Gasteiger partial charge in [0.05, 0.1) is 23.0 Å². The van der Waals surface area contributed by atoms with Crippen LogP contribution in [-0.2, 0) is 13.0 Å². The molecule has 2 aromatic heterocycles. The molecule has 0 bridgehead atoms. The fourth-order valence-electron chi connectivity index (χ4n) is 4.24. The number of carbonyl (C=O) groups is 1. The lowest BCUT2D eigenvalue weighted by Crippen LogP contribution is -2.22. The van der Waals surface area contributed by atoms with Crippen LogP contribution in [0.2, 0.25) is 0 Å². The second-order valence-electron chi connectivity index (χ2n) is 8.04. The SMILES string of the molecule is CN1CCCCc2nc(-n3ncc4c(C(N)=O)cccc43)nc(NCc3ccccc3)c21. The van der Waals surface area contributed by atoms with E-state index in [0.717, 1.165) is 48.5 Å². The second kappa shape index (κ2) is 8.30. The van der Waals surface area contributed by atoms with Crippen LogP contribution in [0.4, 0.5) is 11.5 Å². The van der Waals surface area contributed by atoms with Gasteiger partial charge in [-0.3, -0.25) is 4.79 Å². The minimum Gasteiger partial charge on any atom is -0.370 e. The molecule has 0 unspecified atom stereocenters. The smallest absolute Gasteiger partial charge is 0.253 e. The van der Waals surface area contributed by atoms with Gasteiger partial charge in [0.1, 0.15) is 5.69 Å². The van der Waals surface area contributed by atoms with Gasteiger partial charge in [0.25, 0.3) is 5.95 Å². The minimum absolute atomic E-state index is 0.436. The summed E-state index contributed by atoms with van der Waals surface area (Å²) < 4.78 is 1.68. The molecule has 3 heterocycles. The number of benzene rings is 2. The molecule has 0 radical (unpaired) electrons. The topological polar surface area (TPSA) is 102 Å². The predicted molar refractivity (Wildman–Crippen MR) is 125 cm³/mol. The number of nitrogens with one attached hydrogen (secondary N) is 1. The standard InChI is InChI=1S/C24H25N7O/c1-30-13-6-5-11-19-21(30)23(26-14-16-8-3-2-4-9-16)29-24(28-19)31-20-12-7-10-17(22(25)32)18(20)15-27-31/h2-4,7-10,12,15H,5-6,11,13-14H2,1H3,(H2,25,32)(H,26,28,29). The molecule has 0 saturated carbocycles. The summed E-state index contributed by atoms with van der Waals surface area (Å²) in [5, 5.41) is 8.71. The molecule has 5 rings (SSSR count). The van der Waals surface area contributed by atoms with Crippen LogP contribution in [0.3, 0.4) is 0 Å². The Kier molecular flexibility index (Phi) is 5.18. The first kappa shape index (κ1) is 20.0. The number of nitrogens with two attached hydrogens (primary N) is 1. The van der Waals surface area contributed by atoms with Crippen molar-refractivity contribution in [1.82, 2.24) is 19.7 Å². The van der Waals surface area contributed by atoms with Gasteiger partial charge in [-0.05, 0) is 37.0 Å². The molecule has 0 atom stereocenters. The third-order valence-corrected chi connectivity index (χ3v) is 5.85. The van der Waals surface area contributed by atoms with Gasteiger partial charge < -0.3 is 16.0 Å². The van der Waals surface area contributed by atoms with Gasteiger partial charge in [0.15, 0.2) is 5.82 Å². The van der Waals surface area contributed by atoms with E-state index in [4.69, 9.17) is 15.7 Å². The molecule has 2 aromatic carbocycles. The number of hydrogen-bond donors (Lipinski definition) is 2. The van der Waals surface area contributed by atoms with Crippen LogP contribution in [0.1, 0.15) is 34.5 Å². The number of nitrogens with zero attached hydrogens (tertiary/aromatic N) is 5. The summed E-state index contributed by atoms with van der Waals surface area (Å²) >= 11 is 0. The molecule has 0 spiro atoms. The Bertz CT molecular complexity index is 1280. The van der Waals surface area contributed by atoms with Crippen molar-refractivity contribution in [2.24, 2.45) is 5.73 Å². The van der Waals surface area contributed by atoms with Gasteiger partial charge in [-0.15, -0.1) is 0 Å². The summed E-state index contributed by atoms with van der Waals surface area (Å²) in [4.78, 5) is 23.8. The molecular weight excluding hydrogens is 402 g/mol. The van der Waals surface area contributed by atoms with Crippen molar-refractivity contribution in [1.29, 1.82) is 0 Å². The highest BCUT2D eigenvalue weighted by atomic mass is 16.1. The Hall–Kier alpha value is -3.94. The van der Waals surface area contributed by atoms with E-state index in [1.807, 2.05) is 24.3 Å². The van der Waals surface area contributed by atoms with Crippen molar-refractivity contribution in [3.05, 3.63) is 71.5 Å². The molecule has 0 saturated heterocycles. The number of fused-ring (bicyclic) bond motifs is 2. The average Bonchev–Trinajstić information content (AvgIpc) is 3.15. The van der Waals surface area contributed by atoms with E-state index in [1.165, 1.54) is 5.56 Å². The number of primary amides is 1. The fourth-order valence-corrected chi connectivity index (χ4v) is 4.24. The zero-order chi connectivity index (χ0) is 22.1. The lowest BCUT2D eigenvalue weighted by Gasteiger charge is -2.23. The van der Waals surface area contributed by atoms with Crippen molar-refractivity contribution in [2.45, 2.75) is 25.8 Å². The van der Waals surface area contributed by atoms with E-state index in [2.05, 4.69) is 34.5 Å². The molecule has 0 fully saturated rings. The van der Waals surface area contributed by atoms with E-state index in [9.17, 15) is 4.79 Å². The van der Waals surface area contributed by atoms with E-state index in [-0.39, 0.29) is 0 Å². The Balaban J connectivity index is 1.62. The Labute approximate surface area is 186 Å². The van der Waals surface area contributed by atoms with E-state index in [0.29, 0.717) is 23.4 Å². The summed E-state index contributed by atoms with van der Waals surface area (Å²) in [6, 6.07) is 15.6. The second-order valence-corrected chi connectivity index (χ2v) is 8.04. The van der Waals surface area contributed by atoms with E-state index in [1.54, 1.807) is 23.0 Å². The third kappa shape index (κ3) is 3.64. The van der Waals surface area contributed by atoms with Crippen LogP contribution in [0.15, 0.2) is 54.7 Å². The van der Waals surface area contributed by atoms with Gasteiger partial charge in [-0.25, -0.2) is 4.98 Å². The summed E-state index contributed by atoms with van der Waals surface area (Å²) in [5.74, 6) is 0.782. The molecular formula is C24H25N7O. The van der Waals surface area contributed by atoms with Crippen LogP contribution < -0.4 is 16.0 Å². The van der Waals surface area contributed by atoms with Crippen molar-refractivity contribution in [2.75, 3.05) is 23.8 Å². The van der Waals surface area contributed by atoms with E-state index >= 15 is 0 Å². The van der Waals surface area contributed by atoms with Crippen LogP contribution in [0, 0.1) is 0 Å². The van der Waals surface area contributed by atoms with E-state index < -0.39 is 5.91 Å². The summed E-state index contributed by atoms with van der Waals surface area (Å²) in [6.07, 6.45) is 4.69. The average molecular weight is 428 g/mol. The molecule has 1 aliphatic rings. The molecule has 3 N–H and O–H groups in total. The monoisotopic (exact) mass is 427 g/mol. The zero-order valence-electron chi connectivity index (χ0n) is 18.0. The van der Waals surface area contributed by atoms with Crippen LogP contribution in [0.5, 0.6) is 0 Å². The quantitative estimate of drug-likeness (QED) is 0.507. The Morgan fingerprint density at radius 2 is 1.94 bits per heavy atom. The lowest BCUT2D eigenvalue weighted by molar-refractivity contribution is 0.100. The number of amides is 1. The highest BCUT2D eigenvalue weighted by Crippen LogP contribution is 2.32. The number of hydrogen-bond acceptors (Lipinski definition) is 6. The summed E-state index contributed by atoms with van der Waals surface area (Å²) in [5.41, 5.74) is 9.94. The van der Waals surface area contributed by atoms with Gasteiger partial charge in [0, 0.05) is 25.5 Å². The van der Waals surface area contributed by atoms with Gasteiger partial charge in [0.2, 0.25) is 5.91 Å². The highest BCUT2D eigenvalue weighted by Gasteiger charge is 2.22. The maximum absolute atomic E-state index is 11.8. The highest BCUT2D eigenvalue weighted by molar-refractivity contribution is 6.05. The van der Waals surface area contributed by atoms with Crippen LogP contribution >= 0.6 is 0 Å². The number of anilines is 2. The van der Waals surface area contributed by atoms with Crippen molar-refractivity contribution in [3.63, 3.8) is 0 Å². The Morgan fingerprint density at radius 1 is 1.09 bits per heavy atom. The Morgan fingerprint density at radius 3 is 2.75 bits per heavy atom.